The Labute approximate surface area is 89.7 Å². The van der Waals surface area contributed by atoms with E-state index in [9.17, 15) is 0 Å². The number of alkyl halides is 1. The van der Waals surface area contributed by atoms with Crippen LogP contribution >= 0.6 is 27.3 Å². The van der Waals surface area contributed by atoms with Gasteiger partial charge in [0.05, 0.1) is 5.69 Å². The lowest BCUT2D eigenvalue weighted by molar-refractivity contribution is 0.872. The number of rotatable bonds is 3. The summed E-state index contributed by atoms with van der Waals surface area (Å²) >= 11 is 5.14. The summed E-state index contributed by atoms with van der Waals surface area (Å²) in [5.74, 6) is 0. The van der Waals surface area contributed by atoms with Crippen molar-refractivity contribution < 1.29 is 0 Å². The van der Waals surface area contributed by atoms with E-state index in [0.717, 1.165) is 16.7 Å². The number of imidazole rings is 1. The molecule has 0 N–H and O–H groups in total. The molecular weight excluding hydrogens is 248 g/mol. The maximum absolute atomic E-state index is 4.49. The fourth-order valence-corrected chi connectivity index (χ4v) is 2.54. The molecule has 0 saturated heterocycles. The Morgan fingerprint density at radius 1 is 1.62 bits per heavy atom. The molecular formula is C9H11BrN2S. The van der Waals surface area contributed by atoms with Crippen molar-refractivity contribution in [2.24, 2.45) is 0 Å². The molecule has 70 valence electrons. The first-order valence-electron chi connectivity index (χ1n) is 4.30. The second kappa shape index (κ2) is 3.80. The van der Waals surface area contributed by atoms with E-state index in [4.69, 9.17) is 0 Å². The molecule has 0 radical (unpaired) electrons. The summed E-state index contributed by atoms with van der Waals surface area (Å²) in [6.45, 7) is 2.09. The van der Waals surface area contributed by atoms with Crippen LogP contribution in [-0.4, -0.2) is 14.7 Å². The van der Waals surface area contributed by atoms with Gasteiger partial charge in [0.1, 0.15) is 0 Å². The number of thiazole rings is 1. The van der Waals surface area contributed by atoms with Crippen LogP contribution in [0.4, 0.5) is 0 Å². The van der Waals surface area contributed by atoms with E-state index >= 15 is 0 Å². The quantitative estimate of drug-likeness (QED) is 0.774. The normalized spacial score (nSPS) is 11.2. The van der Waals surface area contributed by atoms with E-state index in [0.29, 0.717) is 0 Å². The highest BCUT2D eigenvalue weighted by Crippen LogP contribution is 2.18. The molecule has 4 heteroatoms. The maximum Gasteiger partial charge on any atom is 0.194 e. The smallest absolute Gasteiger partial charge is 0.194 e. The molecule has 0 fully saturated rings. The number of hydrogen-bond donors (Lipinski definition) is 0. The van der Waals surface area contributed by atoms with Crippen LogP contribution < -0.4 is 0 Å². The highest BCUT2D eigenvalue weighted by Gasteiger charge is 2.07. The third kappa shape index (κ3) is 1.65. The Bertz CT molecular complexity index is 405. The summed E-state index contributed by atoms with van der Waals surface area (Å²) in [6, 6.07) is 0. The fourth-order valence-electron chi connectivity index (χ4n) is 1.48. The van der Waals surface area contributed by atoms with Gasteiger partial charge in [-0.05, 0) is 19.8 Å². The predicted octanol–water partition coefficient (Wildman–Crippen LogP) is 3.03. The molecule has 0 atom stereocenters. The molecule has 2 aromatic heterocycles. The second-order valence-electron chi connectivity index (χ2n) is 2.99. The Hall–Kier alpha value is -0.350. The van der Waals surface area contributed by atoms with E-state index in [2.05, 4.69) is 43.8 Å². The van der Waals surface area contributed by atoms with Gasteiger partial charge in [0, 0.05) is 22.6 Å². The number of aromatic nitrogens is 2. The molecule has 0 bridgehead atoms. The summed E-state index contributed by atoms with van der Waals surface area (Å²) in [5.41, 5.74) is 2.53. The topological polar surface area (TPSA) is 17.3 Å². The predicted molar refractivity (Wildman–Crippen MR) is 59.9 cm³/mol. The van der Waals surface area contributed by atoms with Gasteiger partial charge in [-0.1, -0.05) is 15.9 Å². The van der Waals surface area contributed by atoms with Crippen molar-refractivity contribution in [1.82, 2.24) is 9.38 Å². The van der Waals surface area contributed by atoms with E-state index in [1.165, 1.54) is 17.8 Å². The van der Waals surface area contributed by atoms with Gasteiger partial charge < -0.3 is 0 Å². The number of halogens is 1. The fraction of sp³-hybridized carbons (Fsp3) is 0.444. The lowest BCUT2D eigenvalue weighted by Gasteiger charge is -1.97. The van der Waals surface area contributed by atoms with Crippen molar-refractivity contribution in [3.8, 4) is 0 Å². The Balaban J connectivity index is 2.39. The molecule has 2 heterocycles. The van der Waals surface area contributed by atoms with Crippen molar-refractivity contribution in [2.75, 3.05) is 5.33 Å². The molecule has 2 nitrogen and oxygen atoms in total. The van der Waals surface area contributed by atoms with Gasteiger partial charge in [-0.2, -0.15) is 0 Å². The van der Waals surface area contributed by atoms with Crippen LogP contribution in [0.2, 0.25) is 0 Å². The van der Waals surface area contributed by atoms with Gasteiger partial charge in [-0.25, -0.2) is 4.98 Å². The van der Waals surface area contributed by atoms with Crippen molar-refractivity contribution in [3.63, 3.8) is 0 Å². The molecule has 0 unspecified atom stereocenters. The van der Waals surface area contributed by atoms with E-state index in [1.54, 1.807) is 11.3 Å². The van der Waals surface area contributed by atoms with Crippen molar-refractivity contribution in [1.29, 1.82) is 0 Å². The molecule has 0 amide bonds. The third-order valence-electron chi connectivity index (χ3n) is 2.11. The van der Waals surface area contributed by atoms with Gasteiger partial charge in [0.2, 0.25) is 0 Å². The number of hydrogen-bond acceptors (Lipinski definition) is 2. The largest absolute Gasteiger partial charge is 0.294 e. The van der Waals surface area contributed by atoms with E-state index in [1.807, 2.05) is 0 Å². The first-order chi connectivity index (χ1) is 6.33. The molecule has 13 heavy (non-hydrogen) atoms. The standard InChI is InChI=1S/C9H11BrN2S/c1-7-8(3-2-4-10)12-5-6-13-9(12)11-7/h5-6H,2-4H2,1H3. The van der Waals surface area contributed by atoms with Crippen molar-refractivity contribution >= 4 is 32.2 Å². The first-order valence-corrected chi connectivity index (χ1v) is 6.30. The molecule has 0 aliphatic heterocycles. The summed E-state index contributed by atoms with van der Waals surface area (Å²) in [6.07, 6.45) is 4.38. The maximum atomic E-state index is 4.49. The van der Waals surface area contributed by atoms with Crippen LogP contribution in [0.3, 0.4) is 0 Å². The van der Waals surface area contributed by atoms with Gasteiger partial charge in [-0.3, -0.25) is 4.40 Å². The van der Waals surface area contributed by atoms with E-state index < -0.39 is 0 Å². The van der Waals surface area contributed by atoms with Crippen LogP contribution in [0.15, 0.2) is 11.6 Å². The number of nitrogens with zero attached hydrogens (tertiary/aromatic N) is 2. The second-order valence-corrected chi connectivity index (χ2v) is 4.66. The molecule has 0 saturated carbocycles. The first kappa shape index (κ1) is 9.21. The minimum Gasteiger partial charge on any atom is -0.294 e. The molecule has 0 aliphatic rings. The van der Waals surface area contributed by atoms with Crippen LogP contribution in [0.25, 0.3) is 4.96 Å². The van der Waals surface area contributed by atoms with Gasteiger partial charge in [-0.15, -0.1) is 11.3 Å². The van der Waals surface area contributed by atoms with Gasteiger partial charge in [0.15, 0.2) is 4.96 Å². The molecule has 2 aromatic rings. The number of fused-ring (bicyclic) bond motifs is 1. The average Bonchev–Trinajstić information content (AvgIpc) is 2.62. The summed E-state index contributed by atoms with van der Waals surface area (Å²) < 4.78 is 2.20. The molecule has 0 spiro atoms. The summed E-state index contributed by atoms with van der Waals surface area (Å²) in [5, 5.41) is 3.14. The van der Waals surface area contributed by atoms with Crippen LogP contribution in [0.5, 0.6) is 0 Å². The summed E-state index contributed by atoms with van der Waals surface area (Å²) in [7, 11) is 0. The Morgan fingerprint density at radius 3 is 3.23 bits per heavy atom. The summed E-state index contributed by atoms with van der Waals surface area (Å²) in [4.78, 5) is 5.61. The monoisotopic (exact) mass is 258 g/mol. The molecule has 0 aliphatic carbocycles. The van der Waals surface area contributed by atoms with Crippen molar-refractivity contribution in [2.45, 2.75) is 19.8 Å². The highest BCUT2D eigenvalue weighted by atomic mass is 79.9. The third-order valence-corrected chi connectivity index (χ3v) is 3.43. The van der Waals surface area contributed by atoms with Crippen LogP contribution in [0.1, 0.15) is 17.8 Å². The van der Waals surface area contributed by atoms with Crippen molar-refractivity contribution in [3.05, 3.63) is 23.0 Å². The highest BCUT2D eigenvalue weighted by molar-refractivity contribution is 9.09. The minimum absolute atomic E-state index is 1.06. The lowest BCUT2D eigenvalue weighted by atomic mass is 10.2. The zero-order valence-electron chi connectivity index (χ0n) is 7.46. The van der Waals surface area contributed by atoms with E-state index in [-0.39, 0.29) is 0 Å². The average molecular weight is 259 g/mol. The zero-order chi connectivity index (χ0) is 9.26. The van der Waals surface area contributed by atoms with Gasteiger partial charge >= 0.3 is 0 Å². The van der Waals surface area contributed by atoms with Crippen LogP contribution in [-0.2, 0) is 6.42 Å². The van der Waals surface area contributed by atoms with Gasteiger partial charge in [0.25, 0.3) is 0 Å². The molecule has 2 rings (SSSR count). The lowest BCUT2D eigenvalue weighted by Crippen LogP contribution is -1.93. The Morgan fingerprint density at radius 2 is 2.46 bits per heavy atom. The zero-order valence-corrected chi connectivity index (χ0v) is 9.86. The minimum atomic E-state index is 1.06. The number of aryl methyl sites for hydroxylation is 2. The molecule has 0 aromatic carbocycles. The Kier molecular flexibility index (Phi) is 2.69. The SMILES string of the molecule is Cc1nc2sccn2c1CCCBr. The van der Waals surface area contributed by atoms with Crippen LogP contribution in [0, 0.1) is 6.92 Å².